The molecule has 0 bridgehead atoms. The Morgan fingerprint density at radius 3 is 3.18 bits per heavy atom. The lowest BCUT2D eigenvalue weighted by Gasteiger charge is -2.20. The minimum absolute atomic E-state index is 0.0671. The Morgan fingerprint density at radius 2 is 2.36 bits per heavy atom. The third-order valence-corrected chi connectivity index (χ3v) is 2.22. The van der Waals surface area contributed by atoms with Gasteiger partial charge in [-0.2, -0.15) is 0 Å². The number of hydrogen-bond donors (Lipinski definition) is 1. The number of rotatable bonds is 0. The van der Waals surface area contributed by atoms with E-state index in [9.17, 15) is 4.79 Å². The molecular weight excluding hydrogens is 144 g/mol. The van der Waals surface area contributed by atoms with E-state index in [2.05, 4.69) is 0 Å². The van der Waals surface area contributed by atoms with Gasteiger partial charge in [0.05, 0.1) is 12.5 Å². The van der Waals surface area contributed by atoms with Crippen molar-refractivity contribution >= 4 is 5.97 Å². The average molecular weight is 154 g/mol. The molecule has 0 spiro atoms. The Labute approximate surface area is 64.7 Å². The summed E-state index contributed by atoms with van der Waals surface area (Å²) in [5.74, 6) is 0.0738. The van der Waals surface area contributed by atoms with Gasteiger partial charge >= 0.3 is 5.97 Å². The second-order valence-electron chi connectivity index (χ2n) is 3.08. The van der Waals surface area contributed by atoms with E-state index in [1.165, 1.54) is 0 Å². The quantitative estimate of drug-likeness (QED) is 0.401. The average Bonchev–Trinajstić information content (AvgIpc) is 2.27. The molecule has 11 heavy (non-hydrogen) atoms. The van der Waals surface area contributed by atoms with Crippen LogP contribution in [0.3, 0.4) is 0 Å². The molecule has 1 heterocycles. The van der Waals surface area contributed by atoms with Gasteiger partial charge < -0.3 is 9.84 Å². The first-order valence-corrected chi connectivity index (χ1v) is 3.81. The number of ether oxygens (including phenoxy) is 1. The van der Waals surface area contributed by atoms with Gasteiger partial charge in [-0.25, -0.2) is 0 Å². The van der Waals surface area contributed by atoms with Crippen molar-refractivity contribution in [2.24, 2.45) is 5.92 Å². The molecule has 0 aromatic heterocycles. The molecule has 0 saturated carbocycles. The fourth-order valence-corrected chi connectivity index (χ4v) is 1.63. The number of aliphatic hydroxyl groups is 1. The molecule has 60 valence electrons. The molecule has 0 unspecified atom stereocenters. The SMILES string of the molecule is O=C1C[C@@H]2C=C[C@H](O)C[C@H]2O1. The predicted molar refractivity (Wildman–Crippen MR) is 37.8 cm³/mol. The van der Waals surface area contributed by atoms with Crippen molar-refractivity contribution in [1.82, 2.24) is 0 Å². The minimum atomic E-state index is -0.429. The number of carbonyl (C=O) groups is 1. The van der Waals surface area contributed by atoms with Crippen LogP contribution in [0.2, 0.25) is 0 Å². The fraction of sp³-hybridized carbons (Fsp3) is 0.625. The molecule has 2 aliphatic rings. The number of esters is 1. The van der Waals surface area contributed by atoms with Crippen LogP contribution >= 0.6 is 0 Å². The summed E-state index contributed by atoms with van der Waals surface area (Å²) in [7, 11) is 0. The van der Waals surface area contributed by atoms with Crippen LogP contribution in [0.5, 0.6) is 0 Å². The first-order chi connectivity index (χ1) is 5.25. The lowest BCUT2D eigenvalue weighted by Crippen LogP contribution is -2.25. The Balaban J connectivity index is 2.13. The highest BCUT2D eigenvalue weighted by atomic mass is 16.6. The van der Waals surface area contributed by atoms with Gasteiger partial charge in [0, 0.05) is 12.3 Å². The maximum Gasteiger partial charge on any atom is 0.306 e. The lowest BCUT2D eigenvalue weighted by molar-refractivity contribution is -0.142. The molecule has 1 aliphatic carbocycles. The summed E-state index contributed by atoms with van der Waals surface area (Å²) in [5.41, 5.74) is 0. The zero-order valence-corrected chi connectivity index (χ0v) is 6.06. The first kappa shape index (κ1) is 6.85. The molecule has 1 aliphatic heterocycles. The van der Waals surface area contributed by atoms with Gasteiger partial charge in [0.2, 0.25) is 0 Å². The highest BCUT2D eigenvalue weighted by Crippen LogP contribution is 2.30. The van der Waals surface area contributed by atoms with Crippen molar-refractivity contribution in [2.45, 2.75) is 25.0 Å². The molecule has 2 rings (SSSR count). The number of fused-ring (bicyclic) bond motifs is 1. The number of hydrogen-bond acceptors (Lipinski definition) is 3. The van der Waals surface area contributed by atoms with Gasteiger partial charge in [-0.1, -0.05) is 12.2 Å². The van der Waals surface area contributed by atoms with Crippen LogP contribution in [-0.2, 0) is 9.53 Å². The molecule has 3 atom stereocenters. The second kappa shape index (κ2) is 2.34. The third kappa shape index (κ3) is 1.16. The summed E-state index contributed by atoms with van der Waals surface area (Å²) in [6, 6.07) is 0. The van der Waals surface area contributed by atoms with Crippen LogP contribution in [0, 0.1) is 5.92 Å². The first-order valence-electron chi connectivity index (χ1n) is 3.81. The summed E-state index contributed by atoms with van der Waals surface area (Å²) < 4.78 is 4.99. The van der Waals surface area contributed by atoms with E-state index in [-0.39, 0.29) is 18.0 Å². The van der Waals surface area contributed by atoms with Crippen molar-refractivity contribution in [3.63, 3.8) is 0 Å². The van der Waals surface area contributed by atoms with E-state index >= 15 is 0 Å². The Morgan fingerprint density at radius 1 is 1.55 bits per heavy atom. The molecular formula is C8H10O3. The lowest BCUT2D eigenvalue weighted by atomic mass is 9.91. The van der Waals surface area contributed by atoms with Crippen molar-refractivity contribution in [3.8, 4) is 0 Å². The van der Waals surface area contributed by atoms with E-state index in [0.29, 0.717) is 12.8 Å². The molecule has 1 saturated heterocycles. The Kier molecular flexibility index (Phi) is 1.46. The molecule has 0 aromatic carbocycles. The summed E-state index contributed by atoms with van der Waals surface area (Å²) in [6.45, 7) is 0. The van der Waals surface area contributed by atoms with Gasteiger partial charge in [-0.05, 0) is 0 Å². The van der Waals surface area contributed by atoms with Crippen molar-refractivity contribution < 1.29 is 14.6 Å². The van der Waals surface area contributed by atoms with Crippen molar-refractivity contribution in [3.05, 3.63) is 12.2 Å². The summed E-state index contributed by atoms with van der Waals surface area (Å²) in [6.07, 6.45) is 4.16. The van der Waals surface area contributed by atoms with E-state index in [1.54, 1.807) is 6.08 Å². The monoisotopic (exact) mass is 154 g/mol. The Bertz CT molecular complexity index is 209. The van der Waals surface area contributed by atoms with Gasteiger partial charge in [0.1, 0.15) is 6.10 Å². The van der Waals surface area contributed by atoms with Crippen LogP contribution < -0.4 is 0 Å². The van der Waals surface area contributed by atoms with Crippen LogP contribution in [-0.4, -0.2) is 23.3 Å². The normalized spacial score (nSPS) is 41.9. The number of aliphatic hydroxyl groups excluding tert-OH is 1. The standard InChI is InChI=1S/C8H10O3/c9-6-2-1-5-3-8(10)11-7(5)4-6/h1-2,5-7,9H,3-4H2/t5-,6-,7+/m0/s1. The Hall–Kier alpha value is -0.830. The molecule has 1 N–H and O–H groups in total. The maximum absolute atomic E-state index is 10.8. The second-order valence-corrected chi connectivity index (χ2v) is 3.08. The zero-order valence-electron chi connectivity index (χ0n) is 6.06. The van der Waals surface area contributed by atoms with Gasteiger partial charge in [-0.3, -0.25) is 4.79 Å². The van der Waals surface area contributed by atoms with Crippen LogP contribution in [0.1, 0.15) is 12.8 Å². The van der Waals surface area contributed by atoms with E-state index < -0.39 is 6.10 Å². The molecule has 0 amide bonds. The van der Waals surface area contributed by atoms with Gasteiger partial charge in [0.25, 0.3) is 0 Å². The minimum Gasteiger partial charge on any atom is -0.462 e. The molecule has 3 heteroatoms. The van der Waals surface area contributed by atoms with Crippen molar-refractivity contribution in [1.29, 1.82) is 0 Å². The molecule has 0 aromatic rings. The highest BCUT2D eigenvalue weighted by Gasteiger charge is 2.36. The highest BCUT2D eigenvalue weighted by molar-refractivity contribution is 5.72. The number of carbonyl (C=O) groups excluding carboxylic acids is 1. The predicted octanol–water partition coefficient (Wildman–Crippen LogP) is 0.239. The maximum atomic E-state index is 10.8. The van der Waals surface area contributed by atoms with E-state index in [1.807, 2.05) is 6.08 Å². The fourth-order valence-electron chi connectivity index (χ4n) is 1.63. The van der Waals surface area contributed by atoms with E-state index in [0.717, 1.165) is 0 Å². The third-order valence-electron chi connectivity index (χ3n) is 2.22. The summed E-state index contributed by atoms with van der Waals surface area (Å²) >= 11 is 0. The molecule has 0 radical (unpaired) electrons. The summed E-state index contributed by atoms with van der Waals surface area (Å²) in [5, 5.41) is 9.16. The largest absolute Gasteiger partial charge is 0.462 e. The van der Waals surface area contributed by atoms with Crippen LogP contribution in [0.25, 0.3) is 0 Å². The zero-order chi connectivity index (χ0) is 7.84. The van der Waals surface area contributed by atoms with Crippen LogP contribution in [0.4, 0.5) is 0 Å². The molecule has 1 fully saturated rings. The van der Waals surface area contributed by atoms with E-state index in [4.69, 9.17) is 9.84 Å². The van der Waals surface area contributed by atoms with Gasteiger partial charge in [0.15, 0.2) is 0 Å². The topological polar surface area (TPSA) is 46.5 Å². The summed E-state index contributed by atoms with van der Waals surface area (Å²) in [4.78, 5) is 10.8. The smallest absolute Gasteiger partial charge is 0.306 e. The van der Waals surface area contributed by atoms with Gasteiger partial charge in [-0.15, -0.1) is 0 Å². The molecule has 3 nitrogen and oxygen atoms in total. The van der Waals surface area contributed by atoms with Crippen LogP contribution in [0.15, 0.2) is 12.2 Å². The van der Waals surface area contributed by atoms with Crippen molar-refractivity contribution in [2.75, 3.05) is 0 Å².